The summed E-state index contributed by atoms with van der Waals surface area (Å²) >= 11 is 0. The number of para-hydroxylation sites is 3. The lowest BCUT2D eigenvalue weighted by Gasteiger charge is -2.27. The molecular weight excluding hydrogens is 520 g/mol. The maximum atomic E-state index is 2.56. The number of hydrogen-bond acceptors (Lipinski definition) is 0. The van der Waals surface area contributed by atoms with E-state index in [9.17, 15) is 0 Å². The molecule has 0 unspecified atom stereocenters. The van der Waals surface area contributed by atoms with Crippen LogP contribution in [-0.2, 0) is 5.41 Å². The van der Waals surface area contributed by atoms with Crippen LogP contribution in [-0.4, -0.2) is 9.13 Å². The van der Waals surface area contributed by atoms with Crippen LogP contribution in [0.3, 0.4) is 0 Å². The van der Waals surface area contributed by atoms with Gasteiger partial charge in [-0.05, 0) is 77.6 Å². The Balaban J connectivity index is 1.35. The molecule has 2 nitrogen and oxygen atoms in total. The van der Waals surface area contributed by atoms with Gasteiger partial charge in [-0.25, -0.2) is 0 Å². The molecule has 2 heteroatoms. The maximum absolute atomic E-state index is 2.56. The summed E-state index contributed by atoms with van der Waals surface area (Å²) in [4.78, 5) is 0. The first kappa shape index (κ1) is 23.5. The van der Waals surface area contributed by atoms with Crippen molar-refractivity contribution in [2.45, 2.75) is 31.1 Å². The van der Waals surface area contributed by atoms with E-state index in [-0.39, 0.29) is 5.41 Å². The van der Waals surface area contributed by atoms with Crippen LogP contribution in [0, 0.1) is 0 Å². The summed E-state index contributed by atoms with van der Waals surface area (Å²) in [7, 11) is 0. The lowest BCUT2D eigenvalue weighted by molar-refractivity contribution is 0.549. The fourth-order valence-electron chi connectivity index (χ4n) is 8.73. The molecule has 1 spiro atoms. The third-order valence-corrected chi connectivity index (χ3v) is 10.5. The van der Waals surface area contributed by atoms with E-state index in [2.05, 4.69) is 143 Å². The largest absolute Gasteiger partial charge is 0.309 e. The van der Waals surface area contributed by atoms with E-state index in [1.54, 1.807) is 0 Å². The molecule has 2 aliphatic rings. The van der Waals surface area contributed by atoms with Crippen LogP contribution in [0.4, 0.5) is 0 Å². The normalized spacial score (nSPS) is 15.3. The molecule has 2 aromatic heterocycles. The monoisotopic (exact) mass is 550 g/mol. The van der Waals surface area contributed by atoms with Crippen LogP contribution in [0.5, 0.6) is 0 Å². The standard InChI is InChI=1S/C41H30N2/c1-2-12-27(13-3-1)42-37-19-9-6-16-33(37)39-38(42)23-22-32-31-15-5-8-18-36(31)43(40(32)39)28-20-21-30-29-14-4-7-17-34(29)41(35(30)26-28)24-10-11-25-41/h1-9,12-23,26H,10-11,24-25H2. The molecule has 0 aliphatic heterocycles. The highest BCUT2D eigenvalue weighted by molar-refractivity contribution is 6.26. The number of rotatable bonds is 2. The van der Waals surface area contributed by atoms with Gasteiger partial charge in [-0.2, -0.15) is 0 Å². The molecule has 0 saturated heterocycles. The molecule has 10 rings (SSSR count). The summed E-state index contributed by atoms with van der Waals surface area (Å²) in [6.45, 7) is 0. The zero-order valence-corrected chi connectivity index (χ0v) is 23.9. The number of aromatic nitrogens is 2. The van der Waals surface area contributed by atoms with Crippen LogP contribution in [0.2, 0.25) is 0 Å². The summed E-state index contributed by atoms with van der Waals surface area (Å²) in [5.41, 5.74) is 13.5. The Morgan fingerprint density at radius 1 is 0.442 bits per heavy atom. The first-order chi connectivity index (χ1) is 21.3. The Bertz CT molecular complexity index is 2400. The number of benzene rings is 6. The lowest BCUT2D eigenvalue weighted by atomic mass is 9.77. The van der Waals surface area contributed by atoms with Crippen LogP contribution < -0.4 is 0 Å². The van der Waals surface area contributed by atoms with Gasteiger partial charge in [0.15, 0.2) is 0 Å². The minimum atomic E-state index is 0.138. The molecule has 1 saturated carbocycles. The quantitative estimate of drug-likeness (QED) is 0.203. The Morgan fingerprint density at radius 2 is 1.12 bits per heavy atom. The maximum Gasteiger partial charge on any atom is 0.0641 e. The van der Waals surface area contributed by atoms with Gasteiger partial charge in [-0.1, -0.05) is 104 Å². The number of nitrogens with zero attached hydrogens (tertiary/aromatic N) is 2. The van der Waals surface area contributed by atoms with E-state index in [1.165, 1.54) is 103 Å². The highest BCUT2D eigenvalue weighted by Gasteiger charge is 2.45. The second-order valence-corrected chi connectivity index (χ2v) is 12.5. The average molecular weight is 551 g/mol. The van der Waals surface area contributed by atoms with Crippen LogP contribution >= 0.6 is 0 Å². The predicted molar refractivity (Wildman–Crippen MR) is 180 cm³/mol. The molecular formula is C41H30N2. The smallest absolute Gasteiger partial charge is 0.0641 e. The van der Waals surface area contributed by atoms with Crippen molar-refractivity contribution in [3.05, 3.63) is 145 Å². The van der Waals surface area contributed by atoms with Crippen molar-refractivity contribution in [2.75, 3.05) is 0 Å². The predicted octanol–water partition coefficient (Wildman–Crippen LogP) is 10.7. The Kier molecular flexibility index (Phi) is 4.63. The second-order valence-electron chi connectivity index (χ2n) is 12.5. The number of hydrogen-bond donors (Lipinski definition) is 0. The van der Waals surface area contributed by atoms with Crippen molar-refractivity contribution >= 4 is 43.6 Å². The van der Waals surface area contributed by atoms with Gasteiger partial charge < -0.3 is 9.13 Å². The van der Waals surface area contributed by atoms with Crippen molar-refractivity contribution in [1.29, 1.82) is 0 Å². The molecule has 204 valence electrons. The summed E-state index contributed by atoms with van der Waals surface area (Å²) in [5.74, 6) is 0. The van der Waals surface area contributed by atoms with Gasteiger partial charge in [0, 0.05) is 38.3 Å². The molecule has 0 radical (unpaired) electrons. The molecule has 2 heterocycles. The fourth-order valence-corrected chi connectivity index (χ4v) is 8.73. The highest BCUT2D eigenvalue weighted by atomic mass is 15.0. The van der Waals surface area contributed by atoms with Crippen LogP contribution in [0.25, 0.3) is 66.1 Å². The third kappa shape index (κ3) is 2.98. The van der Waals surface area contributed by atoms with E-state index < -0.39 is 0 Å². The zero-order chi connectivity index (χ0) is 28.1. The van der Waals surface area contributed by atoms with Crippen molar-refractivity contribution < 1.29 is 0 Å². The molecule has 8 aromatic rings. The van der Waals surface area contributed by atoms with E-state index >= 15 is 0 Å². The molecule has 0 N–H and O–H groups in total. The summed E-state index contributed by atoms with van der Waals surface area (Å²) < 4.78 is 4.99. The molecule has 6 aromatic carbocycles. The topological polar surface area (TPSA) is 9.86 Å². The first-order valence-electron chi connectivity index (χ1n) is 15.6. The highest BCUT2D eigenvalue weighted by Crippen LogP contribution is 2.57. The van der Waals surface area contributed by atoms with Crippen molar-refractivity contribution in [1.82, 2.24) is 9.13 Å². The zero-order valence-electron chi connectivity index (χ0n) is 23.9. The molecule has 0 amide bonds. The Morgan fingerprint density at radius 3 is 1.95 bits per heavy atom. The van der Waals surface area contributed by atoms with Crippen molar-refractivity contribution in [3.63, 3.8) is 0 Å². The average Bonchev–Trinajstić information content (AvgIpc) is 3.83. The third-order valence-electron chi connectivity index (χ3n) is 10.5. The molecule has 43 heavy (non-hydrogen) atoms. The number of fused-ring (bicyclic) bond motifs is 12. The lowest BCUT2D eigenvalue weighted by Crippen LogP contribution is -2.20. The van der Waals surface area contributed by atoms with Crippen LogP contribution in [0.1, 0.15) is 36.8 Å². The van der Waals surface area contributed by atoms with E-state index in [1.807, 2.05) is 0 Å². The van der Waals surface area contributed by atoms with E-state index in [0.29, 0.717) is 0 Å². The van der Waals surface area contributed by atoms with Gasteiger partial charge >= 0.3 is 0 Å². The van der Waals surface area contributed by atoms with Gasteiger partial charge in [-0.15, -0.1) is 0 Å². The fraction of sp³-hybridized carbons (Fsp3) is 0.122. The van der Waals surface area contributed by atoms with E-state index in [0.717, 1.165) is 0 Å². The summed E-state index contributed by atoms with van der Waals surface area (Å²) in [5, 5.41) is 5.21. The van der Waals surface area contributed by atoms with Gasteiger partial charge in [0.25, 0.3) is 0 Å². The first-order valence-corrected chi connectivity index (χ1v) is 15.6. The SMILES string of the molecule is c1ccc(-n2c3ccccc3c3c2ccc2c4ccccc4n(-c4ccc5c(c4)C4(CCCC4)c4ccccc4-5)c23)cc1. The minimum absolute atomic E-state index is 0.138. The van der Waals surface area contributed by atoms with Crippen molar-refractivity contribution in [3.8, 4) is 22.5 Å². The van der Waals surface area contributed by atoms with Gasteiger partial charge in [-0.3, -0.25) is 0 Å². The molecule has 1 fully saturated rings. The second kappa shape index (κ2) is 8.49. The Labute approximate surface area is 250 Å². The molecule has 0 atom stereocenters. The van der Waals surface area contributed by atoms with Gasteiger partial charge in [0.05, 0.1) is 22.1 Å². The molecule has 2 aliphatic carbocycles. The summed E-state index contributed by atoms with van der Waals surface area (Å²) in [6, 6.07) is 49.8. The van der Waals surface area contributed by atoms with Gasteiger partial charge in [0.1, 0.15) is 0 Å². The summed E-state index contributed by atoms with van der Waals surface area (Å²) in [6.07, 6.45) is 5.07. The molecule has 0 bridgehead atoms. The van der Waals surface area contributed by atoms with Crippen molar-refractivity contribution in [2.24, 2.45) is 0 Å². The Hall–Kier alpha value is -5.08. The van der Waals surface area contributed by atoms with E-state index in [4.69, 9.17) is 0 Å². The van der Waals surface area contributed by atoms with Crippen LogP contribution in [0.15, 0.2) is 133 Å². The minimum Gasteiger partial charge on any atom is -0.309 e. The van der Waals surface area contributed by atoms with Gasteiger partial charge in [0.2, 0.25) is 0 Å².